The molecule has 2 heterocycles. The molecular weight excluding hydrogens is 262 g/mol. The second kappa shape index (κ2) is 5.44. The molecule has 0 spiro atoms. The Labute approximate surface area is 124 Å². The van der Waals surface area contributed by atoms with Gasteiger partial charge in [0, 0.05) is 24.0 Å². The molecule has 0 radical (unpaired) electrons. The van der Waals surface area contributed by atoms with Gasteiger partial charge in [-0.3, -0.25) is 9.36 Å². The third kappa shape index (κ3) is 2.81. The number of nitrogens with zero attached hydrogens (tertiary/aromatic N) is 4. The molecule has 0 unspecified atom stereocenters. The Balaban J connectivity index is 1.83. The minimum absolute atomic E-state index is 0.726. The summed E-state index contributed by atoms with van der Waals surface area (Å²) in [5, 5.41) is 8.90. The second-order valence-corrected chi connectivity index (χ2v) is 5.14. The summed E-state index contributed by atoms with van der Waals surface area (Å²) in [6.07, 6.45) is 3.93. The number of aryl methyl sites for hydroxylation is 2. The van der Waals surface area contributed by atoms with Crippen molar-refractivity contribution in [3.05, 3.63) is 54.1 Å². The molecule has 1 aromatic carbocycles. The summed E-state index contributed by atoms with van der Waals surface area (Å²) in [5.41, 5.74) is 10.9. The molecule has 0 aliphatic rings. The quantitative estimate of drug-likeness (QED) is 0.748. The van der Waals surface area contributed by atoms with Crippen molar-refractivity contribution in [2.75, 3.05) is 5.73 Å². The molecule has 0 aliphatic heterocycles. The number of nitrogens with two attached hydrogens (primary N) is 1. The van der Waals surface area contributed by atoms with Crippen molar-refractivity contribution in [1.82, 2.24) is 19.6 Å². The van der Waals surface area contributed by atoms with E-state index in [-0.39, 0.29) is 0 Å². The highest BCUT2D eigenvalue weighted by atomic mass is 15.3. The van der Waals surface area contributed by atoms with Crippen LogP contribution < -0.4 is 5.73 Å². The smallest absolute Gasteiger partial charge is 0.0828 e. The Bertz CT molecular complexity index is 736. The zero-order valence-corrected chi connectivity index (χ0v) is 12.3. The summed E-state index contributed by atoms with van der Waals surface area (Å²) in [6, 6.07) is 9.94. The Morgan fingerprint density at radius 3 is 2.62 bits per heavy atom. The first kappa shape index (κ1) is 13.4. The van der Waals surface area contributed by atoms with Gasteiger partial charge in [0.2, 0.25) is 0 Å². The highest BCUT2D eigenvalue weighted by Gasteiger charge is 2.07. The van der Waals surface area contributed by atoms with Crippen molar-refractivity contribution in [3.8, 4) is 11.1 Å². The van der Waals surface area contributed by atoms with Crippen LogP contribution >= 0.6 is 0 Å². The van der Waals surface area contributed by atoms with Crippen LogP contribution in [0.5, 0.6) is 0 Å². The van der Waals surface area contributed by atoms with Gasteiger partial charge >= 0.3 is 0 Å². The molecule has 0 saturated heterocycles. The van der Waals surface area contributed by atoms with E-state index in [4.69, 9.17) is 5.73 Å². The minimum atomic E-state index is 0.726. The van der Waals surface area contributed by atoms with Gasteiger partial charge in [-0.05, 0) is 37.6 Å². The van der Waals surface area contributed by atoms with Crippen molar-refractivity contribution in [3.63, 3.8) is 0 Å². The maximum absolute atomic E-state index is 5.72. The topological polar surface area (TPSA) is 61.7 Å². The lowest BCUT2D eigenvalue weighted by molar-refractivity contribution is 0.575. The van der Waals surface area contributed by atoms with E-state index in [0.29, 0.717) is 0 Å². The third-order valence-corrected chi connectivity index (χ3v) is 3.49. The fourth-order valence-corrected chi connectivity index (χ4v) is 2.44. The zero-order chi connectivity index (χ0) is 14.8. The Morgan fingerprint density at radius 2 is 1.90 bits per heavy atom. The maximum Gasteiger partial charge on any atom is 0.0828 e. The van der Waals surface area contributed by atoms with Crippen molar-refractivity contribution < 1.29 is 0 Å². The lowest BCUT2D eigenvalue weighted by Gasteiger charge is -2.04. The van der Waals surface area contributed by atoms with Gasteiger partial charge in [0.25, 0.3) is 0 Å². The molecule has 3 rings (SSSR count). The Morgan fingerprint density at radius 1 is 1.14 bits per heavy atom. The largest absolute Gasteiger partial charge is 0.399 e. The van der Waals surface area contributed by atoms with Gasteiger partial charge < -0.3 is 5.73 Å². The zero-order valence-electron chi connectivity index (χ0n) is 12.3. The van der Waals surface area contributed by atoms with Crippen LogP contribution in [0.3, 0.4) is 0 Å². The molecule has 5 nitrogen and oxygen atoms in total. The molecule has 108 valence electrons. The van der Waals surface area contributed by atoms with Gasteiger partial charge in [-0.25, -0.2) is 0 Å². The van der Waals surface area contributed by atoms with E-state index in [0.717, 1.165) is 35.6 Å². The van der Waals surface area contributed by atoms with Crippen LogP contribution in [0.25, 0.3) is 11.1 Å². The predicted octanol–water partition coefficient (Wildman–Crippen LogP) is 2.71. The van der Waals surface area contributed by atoms with E-state index in [1.54, 1.807) is 0 Å². The predicted molar refractivity (Wildman–Crippen MR) is 83.8 cm³/mol. The average Bonchev–Trinajstić information content (AvgIpc) is 3.07. The van der Waals surface area contributed by atoms with Crippen LogP contribution in [0.4, 0.5) is 5.69 Å². The first-order chi connectivity index (χ1) is 10.2. The van der Waals surface area contributed by atoms with Crippen LogP contribution in [0, 0.1) is 6.92 Å². The SMILES string of the molecule is CCn1nc(C)cc1Cn1cc(-c2ccc(N)cc2)cn1. The average molecular weight is 281 g/mol. The van der Waals surface area contributed by atoms with Gasteiger partial charge in [-0.15, -0.1) is 0 Å². The number of benzene rings is 1. The molecule has 5 heteroatoms. The molecule has 0 amide bonds. The Kier molecular flexibility index (Phi) is 3.48. The summed E-state index contributed by atoms with van der Waals surface area (Å²) in [5.74, 6) is 0. The molecule has 2 aromatic heterocycles. The molecule has 2 N–H and O–H groups in total. The summed E-state index contributed by atoms with van der Waals surface area (Å²) < 4.78 is 3.95. The normalized spacial score (nSPS) is 11.0. The standard InChI is InChI=1S/C16H19N5/c1-3-21-16(8-12(2)19-21)11-20-10-14(9-18-20)13-4-6-15(17)7-5-13/h4-10H,3,11,17H2,1-2H3. The molecule has 0 fully saturated rings. The number of hydrogen-bond acceptors (Lipinski definition) is 3. The van der Waals surface area contributed by atoms with Crippen LogP contribution in [0.1, 0.15) is 18.3 Å². The van der Waals surface area contributed by atoms with Crippen LogP contribution in [-0.4, -0.2) is 19.6 Å². The first-order valence-corrected chi connectivity index (χ1v) is 7.07. The first-order valence-electron chi connectivity index (χ1n) is 7.07. The molecular formula is C16H19N5. The second-order valence-electron chi connectivity index (χ2n) is 5.14. The van der Waals surface area contributed by atoms with E-state index in [9.17, 15) is 0 Å². The van der Waals surface area contributed by atoms with Gasteiger partial charge in [-0.1, -0.05) is 12.1 Å². The molecule has 0 bridgehead atoms. The minimum Gasteiger partial charge on any atom is -0.399 e. The molecule has 3 aromatic rings. The van der Waals surface area contributed by atoms with Crippen LogP contribution in [0.15, 0.2) is 42.7 Å². The molecule has 0 atom stereocenters. The van der Waals surface area contributed by atoms with E-state index in [1.807, 2.05) is 52.9 Å². The summed E-state index contributed by atoms with van der Waals surface area (Å²) in [6.45, 7) is 5.70. The Hall–Kier alpha value is -2.56. The molecule has 0 saturated carbocycles. The van der Waals surface area contributed by atoms with Crippen LogP contribution in [0.2, 0.25) is 0 Å². The van der Waals surface area contributed by atoms with Gasteiger partial charge in [-0.2, -0.15) is 10.2 Å². The van der Waals surface area contributed by atoms with E-state index >= 15 is 0 Å². The highest BCUT2D eigenvalue weighted by molar-refractivity contribution is 5.63. The molecule has 21 heavy (non-hydrogen) atoms. The third-order valence-electron chi connectivity index (χ3n) is 3.49. The number of anilines is 1. The maximum atomic E-state index is 5.72. The van der Waals surface area contributed by atoms with Gasteiger partial charge in [0.05, 0.1) is 24.1 Å². The van der Waals surface area contributed by atoms with E-state index in [1.165, 1.54) is 5.69 Å². The molecule has 0 aliphatic carbocycles. The fourth-order valence-electron chi connectivity index (χ4n) is 2.44. The van der Waals surface area contributed by atoms with Gasteiger partial charge in [0.15, 0.2) is 0 Å². The van der Waals surface area contributed by atoms with Crippen molar-refractivity contribution in [2.24, 2.45) is 0 Å². The van der Waals surface area contributed by atoms with Crippen LogP contribution in [-0.2, 0) is 13.1 Å². The van der Waals surface area contributed by atoms with E-state index in [2.05, 4.69) is 23.2 Å². The van der Waals surface area contributed by atoms with Gasteiger partial charge in [0.1, 0.15) is 0 Å². The number of hydrogen-bond donors (Lipinski definition) is 1. The summed E-state index contributed by atoms with van der Waals surface area (Å²) in [7, 11) is 0. The van der Waals surface area contributed by atoms with E-state index < -0.39 is 0 Å². The number of aromatic nitrogens is 4. The van der Waals surface area contributed by atoms with Crippen molar-refractivity contribution in [2.45, 2.75) is 26.9 Å². The summed E-state index contributed by atoms with van der Waals surface area (Å²) in [4.78, 5) is 0. The monoisotopic (exact) mass is 281 g/mol. The fraction of sp³-hybridized carbons (Fsp3) is 0.250. The van der Waals surface area contributed by atoms with Crippen molar-refractivity contribution >= 4 is 5.69 Å². The summed E-state index contributed by atoms with van der Waals surface area (Å²) >= 11 is 0. The number of rotatable bonds is 4. The highest BCUT2D eigenvalue weighted by Crippen LogP contribution is 2.20. The lowest BCUT2D eigenvalue weighted by Crippen LogP contribution is -2.08. The number of nitrogen functional groups attached to an aromatic ring is 1. The van der Waals surface area contributed by atoms with Crippen molar-refractivity contribution in [1.29, 1.82) is 0 Å². The lowest BCUT2D eigenvalue weighted by atomic mass is 10.1.